The van der Waals surface area contributed by atoms with Crippen LogP contribution in [0.1, 0.15) is 32.6 Å². The van der Waals surface area contributed by atoms with Gasteiger partial charge in [0.15, 0.2) is 0 Å². The Kier molecular flexibility index (Phi) is 3.22. The van der Waals surface area contributed by atoms with Gasteiger partial charge in [-0.2, -0.15) is 0 Å². The number of ether oxygens (including phenoxy) is 1. The zero-order valence-electron chi connectivity index (χ0n) is 10.2. The molecule has 0 radical (unpaired) electrons. The Bertz CT molecular complexity index is 268. The molecule has 2 aliphatic carbocycles. The van der Waals surface area contributed by atoms with Crippen LogP contribution in [-0.2, 0) is 9.53 Å². The standard InChI is InChI=1S/C12H22N2O2/c1-8-5-12(6-8,7-13)11(15)14-9-3-10(4-9)16-2/h8-10H,3-7,13H2,1-2H3,(H,14,15). The van der Waals surface area contributed by atoms with Gasteiger partial charge in [0, 0.05) is 19.7 Å². The van der Waals surface area contributed by atoms with E-state index in [4.69, 9.17) is 10.5 Å². The van der Waals surface area contributed by atoms with E-state index in [1.165, 1.54) is 0 Å². The molecule has 3 N–H and O–H groups in total. The van der Waals surface area contributed by atoms with Crippen molar-refractivity contribution in [2.75, 3.05) is 13.7 Å². The predicted molar refractivity (Wildman–Crippen MR) is 61.8 cm³/mol. The second kappa shape index (κ2) is 4.34. The first kappa shape index (κ1) is 11.9. The summed E-state index contributed by atoms with van der Waals surface area (Å²) in [6, 6.07) is 0.303. The molecule has 2 saturated carbocycles. The van der Waals surface area contributed by atoms with Crippen molar-refractivity contribution in [1.82, 2.24) is 5.32 Å². The molecule has 0 spiro atoms. The summed E-state index contributed by atoms with van der Waals surface area (Å²) in [6.07, 6.45) is 4.10. The molecule has 0 saturated heterocycles. The highest BCUT2D eigenvalue weighted by atomic mass is 16.5. The molecule has 2 rings (SSSR count). The van der Waals surface area contributed by atoms with Gasteiger partial charge in [-0.3, -0.25) is 4.79 Å². The van der Waals surface area contributed by atoms with Crippen LogP contribution in [0.5, 0.6) is 0 Å². The quantitative estimate of drug-likeness (QED) is 0.740. The molecule has 0 bridgehead atoms. The van der Waals surface area contributed by atoms with E-state index in [0.717, 1.165) is 25.7 Å². The van der Waals surface area contributed by atoms with Crippen LogP contribution in [0.15, 0.2) is 0 Å². The smallest absolute Gasteiger partial charge is 0.227 e. The second-order valence-electron chi connectivity index (χ2n) is 5.50. The number of nitrogens with two attached hydrogens (primary N) is 1. The van der Waals surface area contributed by atoms with Gasteiger partial charge in [-0.25, -0.2) is 0 Å². The van der Waals surface area contributed by atoms with Crippen molar-refractivity contribution in [2.45, 2.75) is 44.8 Å². The Balaban J connectivity index is 1.80. The Morgan fingerprint density at radius 2 is 2.12 bits per heavy atom. The third kappa shape index (κ3) is 1.96. The number of hydrogen-bond donors (Lipinski definition) is 2. The number of carbonyl (C=O) groups excluding carboxylic acids is 1. The molecule has 0 aliphatic heterocycles. The van der Waals surface area contributed by atoms with Crippen LogP contribution >= 0.6 is 0 Å². The molecule has 0 heterocycles. The molecule has 0 aromatic carbocycles. The van der Waals surface area contributed by atoms with Crippen molar-refractivity contribution in [1.29, 1.82) is 0 Å². The maximum absolute atomic E-state index is 12.1. The van der Waals surface area contributed by atoms with E-state index in [-0.39, 0.29) is 11.3 Å². The lowest BCUT2D eigenvalue weighted by molar-refractivity contribution is -0.140. The molecule has 1 amide bonds. The average Bonchev–Trinajstić information content (AvgIpc) is 2.17. The topological polar surface area (TPSA) is 64.3 Å². The highest BCUT2D eigenvalue weighted by Gasteiger charge is 2.48. The lowest BCUT2D eigenvalue weighted by atomic mass is 9.62. The molecule has 0 aromatic rings. The van der Waals surface area contributed by atoms with E-state index < -0.39 is 0 Å². The summed E-state index contributed by atoms with van der Waals surface area (Å²) in [5, 5.41) is 3.10. The molecule has 0 aromatic heterocycles. The van der Waals surface area contributed by atoms with Crippen molar-refractivity contribution in [3.63, 3.8) is 0 Å². The van der Waals surface area contributed by atoms with Gasteiger partial charge >= 0.3 is 0 Å². The van der Waals surface area contributed by atoms with Gasteiger partial charge in [0.1, 0.15) is 0 Å². The summed E-state index contributed by atoms with van der Waals surface area (Å²) < 4.78 is 5.19. The molecule has 0 unspecified atom stereocenters. The summed E-state index contributed by atoms with van der Waals surface area (Å²) in [5.74, 6) is 0.801. The van der Waals surface area contributed by atoms with Gasteiger partial charge in [0.25, 0.3) is 0 Å². The zero-order valence-corrected chi connectivity index (χ0v) is 10.2. The SMILES string of the molecule is COC1CC(NC(=O)C2(CN)CC(C)C2)C1. The minimum absolute atomic E-state index is 0.160. The van der Waals surface area contributed by atoms with Gasteiger partial charge < -0.3 is 15.8 Å². The number of carbonyl (C=O) groups is 1. The van der Waals surface area contributed by atoms with Gasteiger partial charge in [-0.15, -0.1) is 0 Å². The molecule has 92 valence electrons. The fourth-order valence-corrected chi connectivity index (χ4v) is 2.93. The van der Waals surface area contributed by atoms with E-state index in [1.807, 2.05) is 0 Å². The lowest BCUT2D eigenvalue weighted by Gasteiger charge is -2.46. The van der Waals surface area contributed by atoms with Gasteiger partial charge in [0.05, 0.1) is 11.5 Å². The first-order valence-electron chi connectivity index (χ1n) is 6.13. The molecule has 16 heavy (non-hydrogen) atoms. The molecule has 4 nitrogen and oxygen atoms in total. The number of nitrogens with one attached hydrogen (secondary N) is 1. The van der Waals surface area contributed by atoms with E-state index in [0.29, 0.717) is 24.6 Å². The van der Waals surface area contributed by atoms with Gasteiger partial charge in [0.2, 0.25) is 5.91 Å². The van der Waals surface area contributed by atoms with Crippen LogP contribution in [0, 0.1) is 11.3 Å². The van der Waals surface area contributed by atoms with E-state index in [2.05, 4.69) is 12.2 Å². The molecule has 2 fully saturated rings. The summed E-state index contributed by atoms with van der Waals surface area (Å²) in [4.78, 5) is 12.1. The number of methoxy groups -OCH3 is 1. The van der Waals surface area contributed by atoms with Crippen LogP contribution in [0.2, 0.25) is 0 Å². The van der Waals surface area contributed by atoms with Crippen molar-refractivity contribution in [2.24, 2.45) is 17.1 Å². The van der Waals surface area contributed by atoms with Crippen LogP contribution in [0.4, 0.5) is 0 Å². The first-order valence-corrected chi connectivity index (χ1v) is 6.13. The van der Waals surface area contributed by atoms with Crippen LogP contribution in [0.25, 0.3) is 0 Å². The van der Waals surface area contributed by atoms with Crippen LogP contribution in [-0.4, -0.2) is 31.7 Å². The highest BCUT2D eigenvalue weighted by molar-refractivity contribution is 5.84. The van der Waals surface area contributed by atoms with Crippen LogP contribution < -0.4 is 11.1 Å². The third-order valence-corrected chi connectivity index (χ3v) is 4.11. The molecule has 0 atom stereocenters. The number of rotatable bonds is 4. The van der Waals surface area contributed by atoms with Gasteiger partial charge in [-0.05, 0) is 31.6 Å². The zero-order chi connectivity index (χ0) is 11.8. The fourth-order valence-electron chi connectivity index (χ4n) is 2.93. The normalized spacial score (nSPS) is 42.1. The Hall–Kier alpha value is -0.610. The number of amides is 1. The largest absolute Gasteiger partial charge is 0.381 e. The Morgan fingerprint density at radius 1 is 1.50 bits per heavy atom. The highest BCUT2D eigenvalue weighted by Crippen LogP contribution is 2.45. The molecule has 4 heteroatoms. The van der Waals surface area contributed by atoms with E-state index >= 15 is 0 Å². The van der Waals surface area contributed by atoms with E-state index in [1.54, 1.807) is 7.11 Å². The minimum atomic E-state index is -0.266. The minimum Gasteiger partial charge on any atom is -0.381 e. The average molecular weight is 226 g/mol. The molecular weight excluding hydrogens is 204 g/mol. The van der Waals surface area contributed by atoms with Gasteiger partial charge in [-0.1, -0.05) is 6.92 Å². The molecular formula is C12H22N2O2. The number of hydrogen-bond acceptors (Lipinski definition) is 3. The second-order valence-corrected chi connectivity index (χ2v) is 5.50. The maximum atomic E-state index is 12.1. The summed E-state index contributed by atoms with van der Waals surface area (Å²) in [6.45, 7) is 2.65. The maximum Gasteiger partial charge on any atom is 0.227 e. The third-order valence-electron chi connectivity index (χ3n) is 4.11. The van der Waals surface area contributed by atoms with Crippen molar-refractivity contribution in [3.05, 3.63) is 0 Å². The Labute approximate surface area is 96.9 Å². The van der Waals surface area contributed by atoms with Crippen LogP contribution in [0.3, 0.4) is 0 Å². The monoisotopic (exact) mass is 226 g/mol. The summed E-state index contributed by atoms with van der Waals surface area (Å²) >= 11 is 0. The fraction of sp³-hybridized carbons (Fsp3) is 0.917. The van der Waals surface area contributed by atoms with Crippen molar-refractivity contribution >= 4 is 5.91 Å². The van der Waals surface area contributed by atoms with E-state index in [9.17, 15) is 4.79 Å². The summed E-state index contributed by atoms with van der Waals surface area (Å²) in [7, 11) is 1.72. The predicted octanol–water partition coefficient (Wildman–Crippen LogP) is 0.655. The summed E-state index contributed by atoms with van der Waals surface area (Å²) in [5.41, 5.74) is 5.47. The van der Waals surface area contributed by atoms with Crippen molar-refractivity contribution in [3.8, 4) is 0 Å². The van der Waals surface area contributed by atoms with Crippen molar-refractivity contribution < 1.29 is 9.53 Å². The Morgan fingerprint density at radius 3 is 2.56 bits per heavy atom. The molecule has 2 aliphatic rings. The first-order chi connectivity index (χ1) is 7.59. The lowest BCUT2D eigenvalue weighted by Crippen LogP contribution is -2.58.